The zero-order valence-corrected chi connectivity index (χ0v) is 7.78. The van der Waals surface area contributed by atoms with Crippen LogP contribution in [0.1, 0.15) is 26.7 Å². The van der Waals surface area contributed by atoms with Crippen LogP contribution in [0.15, 0.2) is 4.99 Å². The molecule has 0 saturated carbocycles. The van der Waals surface area contributed by atoms with Crippen molar-refractivity contribution >= 4 is 17.4 Å². The van der Waals surface area contributed by atoms with Crippen molar-refractivity contribution in [1.29, 1.82) is 0 Å². The second-order valence-electron chi connectivity index (χ2n) is 3.47. The fourth-order valence-electron chi connectivity index (χ4n) is 1.35. The van der Waals surface area contributed by atoms with E-state index < -0.39 is 0 Å². The highest BCUT2D eigenvalue weighted by Crippen LogP contribution is 2.29. The number of thiocarbonyl (C=S) groups is 1. The van der Waals surface area contributed by atoms with Gasteiger partial charge in [-0.1, -0.05) is 0 Å². The molecule has 2 nitrogen and oxygen atoms in total. The Kier molecular flexibility index (Phi) is 2.77. The van der Waals surface area contributed by atoms with Gasteiger partial charge >= 0.3 is 0 Å². The lowest BCUT2D eigenvalue weighted by Gasteiger charge is -2.17. The first-order chi connectivity index (χ1) is 5.14. The van der Waals surface area contributed by atoms with Crippen LogP contribution in [0.25, 0.3) is 0 Å². The van der Waals surface area contributed by atoms with E-state index in [4.69, 9.17) is 4.74 Å². The third kappa shape index (κ3) is 2.70. The first-order valence-corrected chi connectivity index (χ1v) is 4.26. The SMILES string of the molecule is CC1(C)CC[C@H](CN=C=S)O1. The minimum absolute atomic E-state index is 0.0433. The largest absolute Gasteiger partial charge is 0.370 e. The molecule has 0 spiro atoms. The standard InChI is InChI=1S/C8H13NOS/c1-8(2)4-3-7(10-8)5-9-6-11/h7H,3-5H2,1-2H3/t7-/m1/s1. The first kappa shape index (κ1) is 8.85. The summed E-state index contributed by atoms with van der Waals surface area (Å²) in [4.78, 5) is 3.86. The summed E-state index contributed by atoms with van der Waals surface area (Å²) in [6.07, 6.45) is 2.47. The van der Waals surface area contributed by atoms with Gasteiger partial charge in [0.05, 0.1) is 23.4 Å². The van der Waals surface area contributed by atoms with Crippen molar-refractivity contribution in [3.05, 3.63) is 0 Å². The summed E-state index contributed by atoms with van der Waals surface area (Å²) < 4.78 is 5.67. The molecule has 1 fully saturated rings. The van der Waals surface area contributed by atoms with E-state index in [9.17, 15) is 0 Å². The molecule has 0 aromatic rings. The van der Waals surface area contributed by atoms with Crippen molar-refractivity contribution < 1.29 is 4.74 Å². The normalized spacial score (nSPS) is 28.0. The van der Waals surface area contributed by atoms with Gasteiger partial charge in [0.1, 0.15) is 0 Å². The van der Waals surface area contributed by atoms with Crippen LogP contribution in [0.2, 0.25) is 0 Å². The number of aliphatic imine (C=N–C) groups is 1. The van der Waals surface area contributed by atoms with Gasteiger partial charge in [0, 0.05) is 0 Å². The summed E-state index contributed by atoms with van der Waals surface area (Å²) in [6, 6.07) is 0. The van der Waals surface area contributed by atoms with Crippen LogP contribution in [0, 0.1) is 0 Å². The van der Waals surface area contributed by atoms with E-state index in [2.05, 4.69) is 36.2 Å². The second-order valence-corrected chi connectivity index (χ2v) is 3.65. The maximum Gasteiger partial charge on any atom is 0.0786 e. The summed E-state index contributed by atoms with van der Waals surface area (Å²) in [6.45, 7) is 4.88. The van der Waals surface area contributed by atoms with Crippen LogP contribution in [-0.4, -0.2) is 23.4 Å². The van der Waals surface area contributed by atoms with Gasteiger partial charge in [0.25, 0.3) is 0 Å². The summed E-state index contributed by atoms with van der Waals surface area (Å²) in [5.41, 5.74) is 0.0433. The zero-order chi connectivity index (χ0) is 8.32. The summed E-state index contributed by atoms with van der Waals surface area (Å²) in [5.74, 6) is 0. The molecule has 1 atom stereocenters. The average molecular weight is 171 g/mol. The fraction of sp³-hybridized carbons (Fsp3) is 0.875. The fourth-order valence-corrected chi connectivity index (χ4v) is 1.42. The van der Waals surface area contributed by atoms with Crippen molar-refractivity contribution in [3.8, 4) is 0 Å². The third-order valence-electron chi connectivity index (χ3n) is 1.91. The van der Waals surface area contributed by atoms with E-state index in [1.807, 2.05) is 0 Å². The summed E-state index contributed by atoms with van der Waals surface area (Å²) >= 11 is 4.47. The second kappa shape index (κ2) is 3.44. The lowest BCUT2D eigenvalue weighted by atomic mass is 10.1. The van der Waals surface area contributed by atoms with Gasteiger partial charge in [-0.3, -0.25) is 0 Å². The molecule has 3 heteroatoms. The number of rotatable bonds is 2. The van der Waals surface area contributed by atoms with Crippen molar-refractivity contribution in [2.24, 2.45) is 4.99 Å². The molecule has 62 valence electrons. The smallest absolute Gasteiger partial charge is 0.0786 e. The van der Waals surface area contributed by atoms with E-state index in [1.165, 1.54) is 0 Å². The molecular formula is C8H13NOS. The number of hydrogen-bond donors (Lipinski definition) is 0. The molecule has 0 N–H and O–H groups in total. The minimum atomic E-state index is 0.0433. The lowest BCUT2D eigenvalue weighted by molar-refractivity contribution is -0.0105. The number of isothiocyanates is 1. The van der Waals surface area contributed by atoms with Gasteiger partial charge in [0.2, 0.25) is 0 Å². The Balaban J connectivity index is 2.36. The Bertz CT molecular complexity index is 185. The lowest BCUT2D eigenvalue weighted by Crippen LogP contribution is -2.21. The molecule has 0 radical (unpaired) electrons. The van der Waals surface area contributed by atoms with Crippen LogP contribution in [0.5, 0.6) is 0 Å². The quantitative estimate of drug-likeness (QED) is 0.468. The first-order valence-electron chi connectivity index (χ1n) is 3.85. The molecule has 0 amide bonds. The Morgan fingerprint density at radius 1 is 1.73 bits per heavy atom. The monoisotopic (exact) mass is 171 g/mol. The van der Waals surface area contributed by atoms with Crippen LogP contribution < -0.4 is 0 Å². The Labute approximate surface area is 72.7 Å². The van der Waals surface area contributed by atoms with Crippen molar-refractivity contribution in [2.45, 2.75) is 38.4 Å². The average Bonchev–Trinajstić information content (AvgIpc) is 2.26. The molecule has 1 rings (SSSR count). The summed E-state index contributed by atoms with van der Waals surface area (Å²) in [7, 11) is 0. The van der Waals surface area contributed by atoms with Crippen molar-refractivity contribution in [3.63, 3.8) is 0 Å². The Morgan fingerprint density at radius 3 is 2.91 bits per heavy atom. The molecule has 1 aliphatic rings. The molecule has 1 aliphatic heterocycles. The Hall–Kier alpha value is -0.240. The van der Waals surface area contributed by atoms with Gasteiger partial charge in [0.15, 0.2) is 0 Å². The van der Waals surface area contributed by atoms with E-state index in [0.717, 1.165) is 12.8 Å². The van der Waals surface area contributed by atoms with Crippen molar-refractivity contribution in [2.75, 3.05) is 6.54 Å². The highest BCUT2D eigenvalue weighted by atomic mass is 32.1. The predicted molar refractivity (Wildman–Crippen MR) is 48.1 cm³/mol. The zero-order valence-electron chi connectivity index (χ0n) is 6.96. The Morgan fingerprint density at radius 2 is 2.45 bits per heavy atom. The number of hydrogen-bond acceptors (Lipinski definition) is 3. The van der Waals surface area contributed by atoms with Crippen LogP contribution in [-0.2, 0) is 4.74 Å². The molecule has 0 aromatic carbocycles. The van der Waals surface area contributed by atoms with E-state index in [0.29, 0.717) is 6.54 Å². The van der Waals surface area contributed by atoms with Gasteiger partial charge < -0.3 is 4.74 Å². The highest BCUT2D eigenvalue weighted by molar-refractivity contribution is 7.78. The van der Waals surface area contributed by atoms with Gasteiger partial charge in [-0.2, -0.15) is 0 Å². The molecule has 0 aliphatic carbocycles. The molecular weight excluding hydrogens is 158 g/mol. The van der Waals surface area contributed by atoms with Crippen molar-refractivity contribution in [1.82, 2.24) is 0 Å². The van der Waals surface area contributed by atoms with E-state index in [-0.39, 0.29) is 11.7 Å². The van der Waals surface area contributed by atoms with E-state index in [1.54, 1.807) is 0 Å². The number of nitrogens with zero attached hydrogens (tertiary/aromatic N) is 1. The van der Waals surface area contributed by atoms with Crippen LogP contribution >= 0.6 is 12.2 Å². The van der Waals surface area contributed by atoms with Gasteiger partial charge in [-0.15, -0.1) is 0 Å². The maximum atomic E-state index is 5.67. The molecule has 0 unspecified atom stereocenters. The molecule has 11 heavy (non-hydrogen) atoms. The maximum absolute atomic E-state index is 5.67. The molecule has 1 saturated heterocycles. The molecule has 0 bridgehead atoms. The highest BCUT2D eigenvalue weighted by Gasteiger charge is 2.30. The molecule has 1 heterocycles. The van der Waals surface area contributed by atoms with E-state index >= 15 is 0 Å². The van der Waals surface area contributed by atoms with Gasteiger partial charge in [-0.05, 0) is 38.9 Å². The van der Waals surface area contributed by atoms with Gasteiger partial charge in [-0.25, -0.2) is 4.99 Å². The number of ether oxygens (including phenoxy) is 1. The van der Waals surface area contributed by atoms with Crippen LogP contribution in [0.4, 0.5) is 0 Å². The molecule has 0 aromatic heterocycles. The predicted octanol–water partition coefficient (Wildman–Crippen LogP) is 2.05. The summed E-state index contributed by atoms with van der Waals surface area (Å²) in [5, 5.41) is 2.35. The van der Waals surface area contributed by atoms with Crippen LogP contribution in [0.3, 0.4) is 0 Å². The topological polar surface area (TPSA) is 21.6 Å². The minimum Gasteiger partial charge on any atom is -0.370 e. The third-order valence-corrected chi connectivity index (χ3v) is 2.04.